The average Bonchev–Trinajstić information content (AvgIpc) is 3.34. The number of nitrogens with two attached hydrogens (primary N) is 1. The van der Waals surface area contributed by atoms with Crippen molar-refractivity contribution in [2.24, 2.45) is 11.7 Å². The number of rotatable bonds is 10. The summed E-state index contributed by atoms with van der Waals surface area (Å²) >= 11 is 0. The van der Waals surface area contributed by atoms with Gasteiger partial charge in [-0.2, -0.15) is 0 Å². The molecule has 1 atom stereocenters. The Morgan fingerprint density at radius 1 is 1.10 bits per heavy atom. The van der Waals surface area contributed by atoms with Crippen LogP contribution in [0.1, 0.15) is 57.1 Å². The number of benzene rings is 1. The lowest BCUT2D eigenvalue weighted by atomic mass is 9.98. The Morgan fingerprint density at radius 3 is 2.49 bits per heavy atom. The van der Waals surface area contributed by atoms with E-state index in [4.69, 9.17) is 15.2 Å². The molecule has 0 radical (unpaired) electrons. The number of ether oxygens (including phenoxy) is 2. The number of likely N-dealkylation sites (tertiary alicyclic amines) is 1. The van der Waals surface area contributed by atoms with Gasteiger partial charge in [-0.25, -0.2) is 4.79 Å². The van der Waals surface area contributed by atoms with E-state index in [1.54, 1.807) is 35.4 Å². The number of piperidine rings is 1. The molecule has 2 amide bonds. The molecule has 1 saturated heterocycles. The summed E-state index contributed by atoms with van der Waals surface area (Å²) in [5, 5.41) is 20.8. The molecule has 4 rings (SSSR count). The summed E-state index contributed by atoms with van der Waals surface area (Å²) in [7, 11) is 0. The first-order valence-corrected chi connectivity index (χ1v) is 12.8. The van der Waals surface area contributed by atoms with Crippen LogP contribution in [0.3, 0.4) is 0 Å². The normalized spacial score (nSPS) is 15.0. The summed E-state index contributed by atoms with van der Waals surface area (Å²) in [6.45, 7) is 5.14. The maximum atomic E-state index is 12.7. The van der Waals surface area contributed by atoms with Crippen LogP contribution in [0.5, 0.6) is 0 Å². The van der Waals surface area contributed by atoms with Crippen LogP contribution in [-0.4, -0.2) is 68.4 Å². The third kappa shape index (κ3) is 7.98. The number of nitrogens with zero attached hydrogens (tertiary/aromatic N) is 4. The van der Waals surface area contributed by atoms with Gasteiger partial charge in [0.25, 0.3) is 0 Å². The van der Waals surface area contributed by atoms with Crippen LogP contribution >= 0.6 is 0 Å². The molecule has 0 spiro atoms. The van der Waals surface area contributed by atoms with Gasteiger partial charge in [-0.1, -0.05) is 43.8 Å². The molecule has 3 aromatic rings. The number of nitrogens with one attached hydrogen (secondary N) is 1. The Hall–Kier alpha value is -3.54. The second kappa shape index (κ2) is 13.5. The standard InChI is InChI=1S/C27H36N6O5.CH4/c1-27(2,28)25(35)29-22(18-37-16-20-6-4-3-5-7-20)24-31-30-23-9-8-21(14-33(23)24)17-38-26(36)32-12-10-19(15-34)11-13-32;/h3-9,14,19,22,34H,10-13,15-18,28H2,1-2H3,(H,29,35);1H4/t22-;/m1./s1. The molecule has 11 nitrogen and oxygen atoms in total. The van der Waals surface area contributed by atoms with Crippen LogP contribution in [0.15, 0.2) is 48.7 Å². The first-order chi connectivity index (χ1) is 18.2. The molecular weight excluding hydrogens is 500 g/mol. The number of pyridine rings is 1. The molecular formula is C28H40N6O5. The lowest BCUT2D eigenvalue weighted by Crippen LogP contribution is -2.50. The van der Waals surface area contributed by atoms with Crippen molar-refractivity contribution in [3.63, 3.8) is 0 Å². The minimum Gasteiger partial charge on any atom is -0.444 e. The van der Waals surface area contributed by atoms with Crippen molar-refractivity contribution in [1.82, 2.24) is 24.8 Å². The molecule has 0 unspecified atom stereocenters. The molecule has 0 saturated carbocycles. The summed E-state index contributed by atoms with van der Waals surface area (Å²) in [6, 6.07) is 12.7. The van der Waals surface area contributed by atoms with Crippen molar-refractivity contribution in [3.8, 4) is 0 Å². The number of aliphatic hydroxyl groups excluding tert-OH is 1. The first kappa shape index (κ1) is 30.0. The van der Waals surface area contributed by atoms with E-state index in [1.165, 1.54) is 0 Å². The Labute approximate surface area is 229 Å². The van der Waals surface area contributed by atoms with Gasteiger partial charge in [0.2, 0.25) is 5.91 Å². The summed E-state index contributed by atoms with van der Waals surface area (Å²) < 4.78 is 13.2. The minimum atomic E-state index is -1.09. The fourth-order valence-corrected chi connectivity index (χ4v) is 4.20. The van der Waals surface area contributed by atoms with Crippen molar-refractivity contribution in [1.29, 1.82) is 0 Å². The maximum absolute atomic E-state index is 12.7. The largest absolute Gasteiger partial charge is 0.444 e. The van der Waals surface area contributed by atoms with Gasteiger partial charge in [0.05, 0.1) is 18.8 Å². The Morgan fingerprint density at radius 2 is 1.82 bits per heavy atom. The lowest BCUT2D eigenvalue weighted by Gasteiger charge is -2.30. The van der Waals surface area contributed by atoms with Gasteiger partial charge >= 0.3 is 6.09 Å². The second-order valence-electron chi connectivity index (χ2n) is 10.2. The third-order valence-corrected chi connectivity index (χ3v) is 6.58. The van der Waals surface area contributed by atoms with E-state index < -0.39 is 11.6 Å². The average molecular weight is 541 g/mol. The summed E-state index contributed by atoms with van der Waals surface area (Å²) in [5.41, 5.74) is 7.26. The highest BCUT2D eigenvalue weighted by atomic mass is 16.6. The van der Waals surface area contributed by atoms with E-state index in [-0.39, 0.29) is 45.2 Å². The zero-order valence-electron chi connectivity index (χ0n) is 21.9. The molecule has 1 aliphatic heterocycles. The molecule has 212 valence electrons. The molecule has 1 aromatic carbocycles. The lowest BCUT2D eigenvalue weighted by molar-refractivity contribution is -0.126. The van der Waals surface area contributed by atoms with Crippen LogP contribution in [0.25, 0.3) is 5.65 Å². The van der Waals surface area contributed by atoms with Crippen LogP contribution in [0.4, 0.5) is 4.79 Å². The zero-order valence-corrected chi connectivity index (χ0v) is 21.9. The highest BCUT2D eigenvalue weighted by molar-refractivity contribution is 5.85. The molecule has 0 bridgehead atoms. The molecule has 1 aliphatic rings. The number of carbonyl (C=O) groups is 2. The van der Waals surface area contributed by atoms with E-state index >= 15 is 0 Å². The number of fused-ring (bicyclic) bond motifs is 1. The molecule has 11 heteroatoms. The summed E-state index contributed by atoms with van der Waals surface area (Å²) in [6.07, 6.45) is 2.94. The van der Waals surface area contributed by atoms with Gasteiger partial charge in [-0.3, -0.25) is 9.20 Å². The highest BCUT2D eigenvalue weighted by Crippen LogP contribution is 2.19. The fourth-order valence-electron chi connectivity index (χ4n) is 4.20. The van der Waals surface area contributed by atoms with Crippen molar-refractivity contribution < 1.29 is 24.2 Å². The second-order valence-corrected chi connectivity index (χ2v) is 10.2. The number of carbonyl (C=O) groups excluding carboxylic acids is 2. The van der Waals surface area contributed by atoms with Gasteiger partial charge in [0, 0.05) is 31.5 Å². The first-order valence-electron chi connectivity index (χ1n) is 12.8. The number of amides is 2. The van der Waals surface area contributed by atoms with Gasteiger partial charge < -0.3 is 30.5 Å². The van der Waals surface area contributed by atoms with E-state index in [9.17, 15) is 14.7 Å². The van der Waals surface area contributed by atoms with Crippen molar-refractivity contribution in [2.45, 2.75) is 58.9 Å². The van der Waals surface area contributed by atoms with Crippen LogP contribution in [0.2, 0.25) is 0 Å². The van der Waals surface area contributed by atoms with Gasteiger partial charge in [0.1, 0.15) is 12.6 Å². The van der Waals surface area contributed by atoms with E-state index in [0.29, 0.717) is 31.2 Å². The zero-order chi connectivity index (χ0) is 27.1. The number of hydrogen-bond acceptors (Lipinski definition) is 8. The van der Waals surface area contributed by atoms with E-state index in [0.717, 1.165) is 24.0 Å². The molecule has 4 N–H and O–H groups in total. The SMILES string of the molecule is C.CC(C)(N)C(=O)N[C@H](COCc1ccccc1)c1nnc2ccc(COC(=O)N3CCC(CO)CC3)cn12. The molecule has 1 fully saturated rings. The van der Waals surface area contributed by atoms with Crippen molar-refractivity contribution in [2.75, 3.05) is 26.3 Å². The number of hydrogen-bond donors (Lipinski definition) is 3. The fraction of sp³-hybridized carbons (Fsp3) is 0.500. The Balaban J connectivity index is 0.00000420. The van der Waals surface area contributed by atoms with E-state index in [2.05, 4.69) is 15.5 Å². The van der Waals surface area contributed by atoms with Gasteiger partial charge in [0.15, 0.2) is 11.5 Å². The summed E-state index contributed by atoms with van der Waals surface area (Å²) in [5.74, 6) is 0.367. The minimum absolute atomic E-state index is 0. The van der Waals surface area contributed by atoms with Gasteiger partial charge in [-0.05, 0) is 44.2 Å². The summed E-state index contributed by atoms with van der Waals surface area (Å²) in [4.78, 5) is 27.0. The molecule has 3 heterocycles. The highest BCUT2D eigenvalue weighted by Gasteiger charge is 2.28. The topological polar surface area (TPSA) is 144 Å². The van der Waals surface area contributed by atoms with Crippen LogP contribution in [0, 0.1) is 5.92 Å². The quantitative estimate of drug-likeness (QED) is 0.356. The van der Waals surface area contributed by atoms with Gasteiger partial charge in [-0.15, -0.1) is 10.2 Å². The van der Waals surface area contributed by atoms with Crippen LogP contribution in [-0.2, 0) is 27.5 Å². The maximum Gasteiger partial charge on any atom is 0.410 e. The van der Waals surface area contributed by atoms with Crippen molar-refractivity contribution >= 4 is 17.6 Å². The predicted octanol–water partition coefficient (Wildman–Crippen LogP) is 2.82. The predicted molar refractivity (Wildman–Crippen MR) is 147 cm³/mol. The molecule has 2 aromatic heterocycles. The Bertz CT molecular complexity index is 1220. The number of aliphatic hydroxyl groups is 1. The smallest absolute Gasteiger partial charge is 0.410 e. The van der Waals surface area contributed by atoms with Crippen molar-refractivity contribution in [3.05, 3.63) is 65.6 Å². The molecule has 0 aliphatic carbocycles. The number of aromatic nitrogens is 3. The third-order valence-electron chi connectivity index (χ3n) is 6.58. The van der Waals surface area contributed by atoms with Crippen LogP contribution < -0.4 is 11.1 Å². The molecule has 39 heavy (non-hydrogen) atoms. The van der Waals surface area contributed by atoms with E-state index in [1.807, 2.05) is 36.4 Å². The Kier molecular flexibility index (Phi) is 10.4. The monoisotopic (exact) mass is 540 g/mol.